The molecule has 0 bridgehead atoms. The van der Waals surface area contributed by atoms with Crippen molar-refractivity contribution in [3.8, 4) is 0 Å². The number of nitrogens with zero attached hydrogens (tertiary/aromatic N) is 2. The van der Waals surface area contributed by atoms with Gasteiger partial charge < -0.3 is 14.7 Å². The lowest BCUT2D eigenvalue weighted by molar-refractivity contribution is -0.386. The van der Waals surface area contributed by atoms with Gasteiger partial charge in [-0.1, -0.05) is 0 Å². The molecule has 1 amide bonds. The zero-order valence-electron chi connectivity index (χ0n) is 14.0. The first-order valence-corrected chi connectivity index (χ1v) is 7.56. The summed E-state index contributed by atoms with van der Waals surface area (Å²) < 4.78 is 5.30. The highest BCUT2D eigenvalue weighted by Gasteiger charge is 2.35. The molecule has 2 rings (SSSR count). The van der Waals surface area contributed by atoms with Crippen LogP contribution in [-0.4, -0.2) is 52.1 Å². The minimum absolute atomic E-state index is 0.0833. The maximum Gasteiger partial charge on any atom is 0.334 e. The van der Waals surface area contributed by atoms with Crippen molar-refractivity contribution in [3.05, 3.63) is 38.4 Å². The maximum absolute atomic E-state index is 12.9. The monoisotopic (exact) mass is 336 g/mol. The van der Waals surface area contributed by atoms with Crippen molar-refractivity contribution in [1.29, 1.82) is 0 Å². The van der Waals surface area contributed by atoms with E-state index in [0.717, 1.165) is 0 Å². The van der Waals surface area contributed by atoms with Crippen LogP contribution in [0.15, 0.2) is 6.07 Å². The summed E-state index contributed by atoms with van der Waals surface area (Å²) >= 11 is 0. The number of carbonyl (C=O) groups excluding carboxylic acids is 1. The minimum Gasteiger partial charge on any atom is -0.479 e. The van der Waals surface area contributed by atoms with Gasteiger partial charge in [0.05, 0.1) is 23.1 Å². The van der Waals surface area contributed by atoms with Gasteiger partial charge in [-0.25, -0.2) is 4.79 Å². The van der Waals surface area contributed by atoms with E-state index in [1.54, 1.807) is 33.8 Å². The molecule has 1 unspecified atom stereocenters. The van der Waals surface area contributed by atoms with Gasteiger partial charge in [0.25, 0.3) is 11.6 Å². The average Bonchev–Trinajstić information content (AvgIpc) is 2.45. The van der Waals surface area contributed by atoms with E-state index in [1.807, 2.05) is 0 Å². The molecule has 0 saturated carbocycles. The Hall–Kier alpha value is -2.48. The highest BCUT2D eigenvalue weighted by Crippen LogP contribution is 2.30. The molecule has 1 heterocycles. The summed E-state index contributed by atoms with van der Waals surface area (Å²) in [6.07, 6.45) is -1.52. The third-order valence-electron chi connectivity index (χ3n) is 4.15. The van der Waals surface area contributed by atoms with Gasteiger partial charge in [-0.2, -0.15) is 0 Å². The number of hydrogen-bond donors (Lipinski definition) is 1. The van der Waals surface area contributed by atoms with Crippen LogP contribution in [0.5, 0.6) is 0 Å². The SMILES string of the molecule is Cc1cc(C)c([N+](=O)[O-])c(C)c1C(=O)N1CC(C(=O)O)O[C@H](C)C1. The van der Waals surface area contributed by atoms with Crippen LogP contribution in [0, 0.1) is 30.9 Å². The van der Waals surface area contributed by atoms with E-state index >= 15 is 0 Å². The number of hydrogen-bond acceptors (Lipinski definition) is 5. The summed E-state index contributed by atoms with van der Waals surface area (Å²) in [6.45, 7) is 6.73. The Morgan fingerprint density at radius 1 is 1.29 bits per heavy atom. The van der Waals surface area contributed by atoms with E-state index in [1.165, 1.54) is 4.90 Å². The molecule has 1 aliphatic rings. The molecule has 0 aliphatic carbocycles. The second-order valence-electron chi connectivity index (χ2n) is 6.10. The number of aliphatic carboxylic acids is 1. The molecule has 0 radical (unpaired) electrons. The molecule has 8 heteroatoms. The number of morpholine rings is 1. The fourth-order valence-corrected chi connectivity index (χ4v) is 3.20. The Balaban J connectivity index is 2.44. The van der Waals surface area contributed by atoms with E-state index in [4.69, 9.17) is 9.84 Å². The lowest BCUT2D eigenvalue weighted by Crippen LogP contribution is -2.52. The smallest absolute Gasteiger partial charge is 0.334 e. The Kier molecular flexibility index (Phi) is 4.88. The zero-order chi connectivity index (χ0) is 18.2. The van der Waals surface area contributed by atoms with Gasteiger partial charge in [-0.05, 0) is 39.3 Å². The highest BCUT2D eigenvalue weighted by molar-refractivity contribution is 5.98. The summed E-state index contributed by atoms with van der Waals surface area (Å²) in [6, 6.07) is 1.61. The van der Waals surface area contributed by atoms with Crippen LogP contribution < -0.4 is 0 Å². The second-order valence-corrected chi connectivity index (χ2v) is 6.10. The summed E-state index contributed by atoms with van der Waals surface area (Å²) in [7, 11) is 0. The predicted octanol–water partition coefficient (Wildman–Crippen LogP) is 1.83. The van der Waals surface area contributed by atoms with E-state index in [2.05, 4.69) is 0 Å². The Morgan fingerprint density at radius 3 is 2.46 bits per heavy atom. The molecular formula is C16H20N2O6. The molecule has 130 valence electrons. The number of rotatable bonds is 3. The van der Waals surface area contributed by atoms with Gasteiger partial charge in [0.15, 0.2) is 6.10 Å². The van der Waals surface area contributed by atoms with E-state index < -0.39 is 29.0 Å². The first kappa shape index (κ1) is 17.9. The van der Waals surface area contributed by atoms with Crippen molar-refractivity contribution in [1.82, 2.24) is 4.90 Å². The Bertz CT molecular complexity index is 715. The van der Waals surface area contributed by atoms with Crippen molar-refractivity contribution in [2.45, 2.75) is 39.9 Å². The lowest BCUT2D eigenvalue weighted by Gasteiger charge is -2.35. The largest absolute Gasteiger partial charge is 0.479 e. The molecular weight excluding hydrogens is 316 g/mol. The number of benzene rings is 1. The number of aryl methyl sites for hydroxylation is 2. The average molecular weight is 336 g/mol. The van der Waals surface area contributed by atoms with Crippen molar-refractivity contribution < 1.29 is 24.4 Å². The van der Waals surface area contributed by atoms with Crippen LogP contribution in [0.3, 0.4) is 0 Å². The number of amides is 1. The molecule has 1 aliphatic heterocycles. The third kappa shape index (κ3) is 3.23. The molecule has 0 aromatic heterocycles. The van der Waals surface area contributed by atoms with E-state index in [-0.39, 0.29) is 24.3 Å². The first-order valence-electron chi connectivity index (χ1n) is 7.56. The van der Waals surface area contributed by atoms with Crippen molar-refractivity contribution in [3.63, 3.8) is 0 Å². The van der Waals surface area contributed by atoms with Gasteiger partial charge in [0, 0.05) is 17.7 Å². The number of nitro benzene ring substituents is 1. The van der Waals surface area contributed by atoms with Crippen LogP contribution in [0.1, 0.15) is 34.0 Å². The number of nitro groups is 1. The van der Waals surface area contributed by atoms with Gasteiger partial charge in [0.2, 0.25) is 0 Å². The highest BCUT2D eigenvalue weighted by atomic mass is 16.6. The van der Waals surface area contributed by atoms with Crippen LogP contribution >= 0.6 is 0 Å². The normalized spacial score (nSPS) is 20.8. The molecule has 1 saturated heterocycles. The second kappa shape index (κ2) is 6.56. The minimum atomic E-state index is -1.14. The molecule has 8 nitrogen and oxygen atoms in total. The summed E-state index contributed by atoms with van der Waals surface area (Å²) in [4.78, 5) is 36.2. The summed E-state index contributed by atoms with van der Waals surface area (Å²) in [5, 5.41) is 20.4. The van der Waals surface area contributed by atoms with Crippen LogP contribution in [0.2, 0.25) is 0 Å². The van der Waals surface area contributed by atoms with Gasteiger partial charge in [-0.3, -0.25) is 14.9 Å². The molecule has 0 spiro atoms. The number of carboxylic acid groups (broad SMARTS) is 1. The molecule has 1 fully saturated rings. The fourth-order valence-electron chi connectivity index (χ4n) is 3.20. The van der Waals surface area contributed by atoms with E-state index in [0.29, 0.717) is 16.7 Å². The molecule has 1 aromatic carbocycles. The Labute approximate surface area is 139 Å². The molecule has 2 atom stereocenters. The fraction of sp³-hybridized carbons (Fsp3) is 0.500. The summed E-state index contributed by atoms with van der Waals surface area (Å²) in [5.74, 6) is -1.54. The van der Waals surface area contributed by atoms with Crippen molar-refractivity contribution in [2.24, 2.45) is 0 Å². The van der Waals surface area contributed by atoms with E-state index in [9.17, 15) is 19.7 Å². The lowest BCUT2D eigenvalue weighted by atomic mass is 9.96. The van der Waals surface area contributed by atoms with Gasteiger partial charge >= 0.3 is 5.97 Å². The van der Waals surface area contributed by atoms with Crippen molar-refractivity contribution in [2.75, 3.05) is 13.1 Å². The number of ether oxygens (including phenoxy) is 1. The quantitative estimate of drug-likeness (QED) is 0.666. The van der Waals surface area contributed by atoms with Gasteiger partial charge in [0.1, 0.15) is 0 Å². The number of carbonyl (C=O) groups is 2. The topological polar surface area (TPSA) is 110 Å². The third-order valence-corrected chi connectivity index (χ3v) is 4.15. The van der Waals surface area contributed by atoms with Crippen LogP contribution in [0.4, 0.5) is 5.69 Å². The molecule has 24 heavy (non-hydrogen) atoms. The van der Waals surface area contributed by atoms with Gasteiger partial charge in [-0.15, -0.1) is 0 Å². The Morgan fingerprint density at radius 2 is 1.92 bits per heavy atom. The standard InChI is InChI=1S/C16H20N2O6/c1-8-5-9(2)14(18(22)23)11(4)13(8)15(19)17-6-10(3)24-12(7-17)16(20)21/h5,10,12H,6-7H2,1-4H3,(H,20,21)/t10-,12?/m1/s1. The van der Waals surface area contributed by atoms with Crippen LogP contribution in [-0.2, 0) is 9.53 Å². The maximum atomic E-state index is 12.9. The van der Waals surface area contributed by atoms with Crippen molar-refractivity contribution >= 4 is 17.6 Å². The zero-order valence-corrected chi connectivity index (χ0v) is 14.0. The summed E-state index contributed by atoms with van der Waals surface area (Å²) in [5.41, 5.74) is 1.59. The number of carboxylic acids is 1. The predicted molar refractivity (Wildman–Crippen MR) is 85.2 cm³/mol. The van der Waals surface area contributed by atoms with Crippen LogP contribution in [0.25, 0.3) is 0 Å². The molecule has 1 N–H and O–H groups in total. The molecule has 1 aromatic rings. The first-order chi connectivity index (χ1) is 11.1.